The lowest BCUT2D eigenvalue weighted by molar-refractivity contribution is -0.426. The number of thiophene rings is 1. The van der Waals surface area contributed by atoms with Gasteiger partial charge in [0.1, 0.15) is 0 Å². The van der Waals surface area contributed by atoms with Crippen molar-refractivity contribution in [3.05, 3.63) is 51.0 Å². The molecule has 0 radical (unpaired) electrons. The van der Waals surface area contributed by atoms with E-state index in [-0.39, 0.29) is 4.92 Å². The van der Waals surface area contributed by atoms with Crippen molar-refractivity contribution in [3.8, 4) is 0 Å². The summed E-state index contributed by atoms with van der Waals surface area (Å²) in [5.74, 6) is 0. The molecule has 17 heavy (non-hydrogen) atoms. The van der Waals surface area contributed by atoms with Gasteiger partial charge in [-0.15, -0.1) is 11.3 Å². The number of fused-ring (bicyclic) bond motifs is 1. The first-order chi connectivity index (χ1) is 8.20. The molecule has 0 amide bonds. The fraction of sp³-hybridized carbons (Fsp3) is 0.231. The first-order valence-corrected chi connectivity index (χ1v) is 6.36. The number of allylic oxidation sites excluding steroid dienone is 1. The van der Waals surface area contributed by atoms with Crippen molar-refractivity contribution in [2.75, 3.05) is 0 Å². The minimum absolute atomic E-state index is 0.284. The highest BCUT2D eigenvalue weighted by molar-refractivity contribution is 7.19. The van der Waals surface area contributed by atoms with Crippen molar-refractivity contribution in [2.24, 2.45) is 0 Å². The summed E-state index contributed by atoms with van der Waals surface area (Å²) in [4.78, 5) is 11.5. The molecule has 0 saturated heterocycles. The Morgan fingerprint density at radius 1 is 1.47 bits per heavy atom. The van der Waals surface area contributed by atoms with E-state index in [2.05, 4.69) is 0 Å². The predicted molar refractivity (Wildman–Crippen MR) is 71.7 cm³/mol. The smallest absolute Gasteiger partial charge is 0.247 e. The van der Waals surface area contributed by atoms with Crippen molar-refractivity contribution in [2.45, 2.75) is 19.8 Å². The van der Waals surface area contributed by atoms with Crippen molar-refractivity contribution >= 4 is 27.5 Å². The Kier molecular flexibility index (Phi) is 3.54. The quantitative estimate of drug-likeness (QED) is 0.596. The molecule has 2 aromatic rings. The van der Waals surface area contributed by atoms with Crippen LogP contribution in [-0.2, 0) is 0 Å². The van der Waals surface area contributed by atoms with Gasteiger partial charge in [-0.25, -0.2) is 0 Å². The molecule has 2 rings (SSSR count). The third-order valence-corrected chi connectivity index (χ3v) is 3.56. The molecule has 1 heterocycles. The van der Waals surface area contributed by atoms with E-state index >= 15 is 0 Å². The summed E-state index contributed by atoms with van der Waals surface area (Å²) >= 11 is 1.59. The van der Waals surface area contributed by atoms with Gasteiger partial charge in [0.25, 0.3) is 0 Å². The maximum atomic E-state index is 10.9. The average molecular weight is 247 g/mol. The highest BCUT2D eigenvalue weighted by Crippen LogP contribution is 2.27. The topological polar surface area (TPSA) is 43.1 Å². The number of benzene rings is 1. The predicted octanol–water partition coefficient (Wildman–Crippen LogP) is 4.32. The number of nitro groups is 1. The van der Waals surface area contributed by atoms with E-state index in [1.165, 1.54) is 0 Å². The normalized spacial score (nSPS) is 11.9. The van der Waals surface area contributed by atoms with E-state index < -0.39 is 0 Å². The second kappa shape index (κ2) is 5.10. The van der Waals surface area contributed by atoms with Crippen molar-refractivity contribution in [1.82, 2.24) is 0 Å². The average Bonchev–Trinajstić information content (AvgIpc) is 2.70. The molecule has 0 saturated carbocycles. The van der Waals surface area contributed by atoms with Gasteiger partial charge in [0, 0.05) is 22.1 Å². The Morgan fingerprint density at radius 3 is 2.88 bits per heavy atom. The van der Waals surface area contributed by atoms with Gasteiger partial charge in [-0.3, -0.25) is 10.1 Å². The van der Waals surface area contributed by atoms with E-state index in [1.807, 2.05) is 37.3 Å². The maximum Gasteiger partial charge on any atom is 0.247 e. The van der Waals surface area contributed by atoms with Crippen LogP contribution in [0, 0.1) is 10.1 Å². The lowest BCUT2D eigenvalue weighted by Gasteiger charge is -1.94. The van der Waals surface area contributed by atoms with E-state index in [4.69, 9.17) is 0 Å². The highest BCUT2D eigenvalue weighted by atomic mass is 32.1. The van der Waals surface area contributed by atoms with Crippen LogP contribution >= 0.6 is 11.3 Å². The maximum absolute atomic E-state index is 10.9. The first kappa shape index (κ1) is 11.8. The van der Waals surface area contributed by atoms with Gasteiger partial charge >= 0.3 is 0 Å². The van der Waals surface area contributed by atoms with Gasteiger partial charge in [-0.05, 0) is 23.9 Å². The van der Waals surface area contributed by atoms with Crippen LogP contribution in [0.5, 0.6) is 0 Å². The fourth-order valence-corrected chi connectivity index (χ4v) is 2.74. The van der Waals surface area contributed by atoms with Crippen molar-refractivity contribution in [3.63, 3.8) is 0 Å². The first-order valence-electron chi connectivity index (χ1n) is 5.54. The third kappa shape index (κ3) is 2.71. The summed E-state index contributed by atoms with van der Waals surface area (Å²) in [6, 6.07) is 10.0. The Balaban J connectivity index is 2.38. The summed E-state index contributed by atoms with van der Waals surface area (Å²) in [6.45, 7) is 1.95. The lowest BCUT2D eigenvalue weighted by Crippen LogP contribution is -1.97. The van der Waals surface area contributed by atoms with Crippen molar-refractivity contribution in [1.29, 1.82) is 0 Å². The van der Waals surface area contributed by atoms with Crippen molar-refractivity contribution < 1.29 is 4.92 Å². The molecule has 4 heteroatoms. The summed E-state index contributed by atoms with van der Waals surface area (Å²) in [5, 5.41) is 12.0. The summed E-state index contributed by atoms with van der Waals surface area (Å²) < 4.78 is 1.16. The lowest BCUT2D eigenvalue weighted by atomic mass is 10.2. The number of rotatable bonds is 4. The fourth-order valence-electron chi connectivity index (χ4n) is 1.71. The minimum atomic E-state index is -0.284. The van der Waals surface area contributed by atoms with E-state index in [0.717, 1.165) is 21.4 Å². The molecule has 0 bridgehead atoms. The van der Waals surface area contributed by atoms with Crippen LogP contribution in [0.2, 0.25) is 0 Å². The molecule has 0 N–H and O–H groups in total. The van der Waals surface area contributed by atoms with Crippen LogP contribution in [0.4, 0.5) is 0 Å². The molecule has 3 nitrogen and oxygen atoms in total. The Bertz CT molecular complexity index is 539. The molecule has 1 aromatic heterocycles. The van der Waals surface area contributed by atoms with E-state index in [1.54, 1.807) is 17.4 Å². The zero-order valence-electron chi connectivity index (χ0n) is 9.55. The largest absolute Gasteiger partial charge is 0.259 e. The van der Waals surface area contributed by atoms with Crippen LogP contribution < -0.4 is 0 Å². The van der Waals surface area contributed by atoms with Gasteiger partial charge in [0.2, 0.25) is 5.70 Å². The number of hydrogen-bond donors (Lipinski definition) is 0. The molecule has 1 aromatic carbocycles. The minimum Gasteiger partial charge on any atom is -0.259 e. The zero-order chi connectivity index (χ0) is 12.3. The molecule has 88 valence electrons. The molecule has 0 atom stereocenters. The summed E-state index contributed by atoms with van der Waals surface area (Å²) in [7, 11) is 0. The molecular weight excluding hydrogens is 234 g/mol. The van der Waals surface area contributed by atoms with Gasteiger partial charge in [0.05, 0.1) is 4.92 Å². The zero-order valence-corrected chi connectivity index (χ0v) is 10.4. The Labute approximate surface area is 104 Å². The second-order valence-corrected chi connectivity index (χ2v) is 4.94. The van der Waals surface area contributed by atoms with Gasteiger partial charge in [-0.2, -0.15) is 0 Å². The van der Waals surface area contributed by atoms with Crippen LogP contribution in [0.25, 0.3) is 16.2 Å². The Morgan fingerprint density at radius 2 is 2.24 bits per heavy atom. The highest BCUT2D eigenvalue weighted by Gasteiger charge is 2.10. The molecule has 0 unspecified atom stereocenters. The van der Waals surface area contributed by atoms with Crippen LogP contribution in [0.15, 0.2) is 36.0 Å². The van der Waals surface area contributed by atoms with E-state index in [0.29, 0.717) is 12.1 Å². The third-order valence-electron chi connectivity index (χ3n) is 2.49. The number of hydrogen-bond acceptors (Lipinski definition) is 3. The second-order valence-electron chi connectivity index (χ2n) is 3.83. The molecule has 0 aliphatic rings. The van der Waals surface area contributed by atoms with Crippen LogP contribution in [-0.4, -0.2) is 4.92 Å². The standard InChI is InChI=1S/C13H13NO2S/c1-2-5-11(14(15)16)9-12-8-10-6-3-4-7-13(10)17-12/h3-4,6-9H,2,5H2,1H3/b11-9-. The van der Waals surface area contributed by atoms with Gasteiger partial charge in [0.15, 0.2) is 0 Å². The summed E-state index contributed by atoms with van der Waals surface area (Å²) in [5.41, 5.74) is 0.291. The van der Waals surface area contributed by atoms with E-state index in [9.17, 15) is 10.1 Å². The molecule has 0 spiro atoms. The summed E-state index contributed by atoms with van der Waals surface area (Å²) in [6.07, 6.45) is 2.99. The molecule has 0 fully saturated rings. The molecule has 0 aliphatic heterocycles. The molecule has 0 aliphatic carbocycles. The van der Waals surface area contributed by atoms with Gasteiger partial charge < -0.3 is 0 Å². The Hall–Kier alpha value is -1.68. The number of nitrogens with zero attached hydrogens (tertiary/aromatic N) is 1. The SMILES string of the molecule is CCC/C(=C/c1cc2ccccc2s1)[N+](=O)[O-]. The molecular formula is C13H13NO2S. The van der Waals surface area contributed by atoms with Gasteiger partial charge in [-0.1, -0.05) is 25.1 Å². The van der Waals surface area contributed by atoms with Crippen LogP contribution in [0.3, 0.4) is 0 Å². The van der Waals surface area contributed by atoms with Crippen LogP contribution in [0.1, 0.15) is 24.6 Å². The monoisotopic (exact) mass is 247 g/mol.